The van der Waals surface area contributed by atoms with E-state index < -0.39 is 22.1 Å². The summed E-state index contributed by atoms with van der Waals surface area (Å²) >= 11 is 0. The maximum absolute atomic E-state index is 11.8. The summed E-state index contributed by atoms with van der Waals surface area (Å²) in [4.78, 5) is 46.8. The van der Waals surface area contributed by atoms with Gasteiger partial charge in [0, 0.05) is 24.6 Å². The van der Waals surface area contributed by atoms with E-state index in [4.69, 9.17) is 9.47 Å². The van der Waals surface area contributed by atoms with Crippen molar-refractivity contribution in [3.05, 3.63) is 48.6 Å². The van der Waals surface area contributed by atoms with Crippen LogP contribution in [0.4, 0.5) is 11.5 Å². The number of amides is 1. The monoisotopic (exact) mass is 421 g/mol. The van der Waals surface area contributed by atoms with Gasteiger partial charge in [0.05, 0.1) is 24.9 Å². The summed E-state index contributed by atoms with van der Waals surface area (Å²) in [7, 11) is 1.35. The van der Waals surface area contributed by atoms with Gasteiger partial charge in [0.1, 0.15) is 0 Å². The van der Waals surface area contributed by atoms with E-state index in [9.17, 15) is 24.5 Å². The molecule has 30 heavy (non-hydrogen) atoms. The fraction of sp³-hybridized carbons (Fsp3) is 0.312. The van der Waals surface area contributed by atoms with Gasteiger partial charge in [-0.15, -0.1) is 5.10 Å². The molecule has 0 aliphatic rings. The predicted molar refractivity (Wildman–Crippen MR) is 105 cm³/mol. The van der Waals surface area contributed by atoms with Crippen LogP contribution in [0.2, 0.25) is 0 Å². The van der Waals surface area contributed by atoms with Gasteiger partial charge in [-0.05, 0) is 13.0 Å². The standard InChI is InChI=1S/C16H19N7O7/c1-3-30-13-10(23(27)28)6-9(7-11(13)29-2)8-18-20-12(24)4-5-17-14-15(25)19-16(26)22-21-14/h6-8H,3-5H2,1-2H3,(H,17,21)(H,20,24)(H2,19,22,25,26)/b18-8+. The number of carbonyl (C=O) groups excluding carboxylic acids is 1. The quantitative estimate of drug-likeness (QED) is 0.227. The molecule has 0 saturated heterocycles. The van der Waals surface area contributed by atoms with Crippen LogP contribution >= 0.6 is 0 Å². The molecule has 0 atom stereocenters. The molecule has 0 saturated carbocycles. The minimum atomic E-state index is -0.746. The Labute approximate surface area is 168 Å². The van der Waals surface area contributed by atoms with E-state index in [1.54, 1.807) is 6.92 Å². The number of hydrazone groups is 1. The van der Waals surface area contributed by atoms with Gasteiger partial charge in [0.2, 0.25) is 17.5 Å². The van der Waals surface area contributed by atoms with E-state index in [-0.39, 0.29) is 42.6 Å². The van der Waals surface area contributed by atoms with Crippen LogP contribution in [0.1, 0.15) is 18.9 Å². The van der Waals surface area contributed by atoms with Gasteiger partial charge in [-0.3, -0.25) is 24.7 Å². The van der Waals surface area contributed by atoms with Gasteiger partial charge in [-0.25, -0.2) is 15.3 Å². The second-order valence-electron chi connectivity index (χ2n) is 5.59. The second kappa shape index (κ2) is 10.4. The number of aromatic amines is 2. The molecule has 1 heterocycles. The molecule has 2 aromatic rings. The number of hydrogen-bond donors (Lipinski definition) is 4. The van der Waals surface area contributed by atoms with Crippen LogP contribution < -0.4 is 31.5 Å². The number of nitro benzene ring substituents is 1. The van der Waals surface area contributed by atoms with E-state index in [0.29, 0.717) is 5.56 Å². The second-order valence-corrected chi connectivity index (χ2v) is 5.59. The highest BCUT2D eigenvalue weighted by Crippen LogP contribution is 2.37. The first kappa shape index (κ1) is 22.1. The third-order valence-corrected chi connectivity index (χ3v) is 3.52. The molecule has 0 fully saturated rings. The van der Waals surface area contributed by atoms with Gasteiger partial charge in [-0.2, -0.15) is 5.10 Å². The number of aromatic nitrogens is 3. The van der Waals surface area contributed by atoms with Crippen molar-refractivity contribution in [3.63, 3.8) is 0 Å². The summed E-state index contributed by atoms with van der Waals surface area (Å²) in [5.41, 5.74) is 0.796. The number of rotatable bonds is 10. The van der Waals surface area contributed by atoms with Gasteiger partial charge < -0.3 is 14.8 Å². The van der Waals surface area contributed by atoms with E-state index in [2.05, 4.69) is 26.0 Å². The van der Waals surface area contributed by atoms with E-state index in [0.717, 1.165) is 0 Å². The zero-order valence-electron chi connectivity index (χ0n) is 16.1. The number of hydrogen-bond acceptors (Lipinski definition) is 10. The molecule has 0 aliphatic heterocycles. The highest BCUT2D eigenvalue weighted by Gasteiger charge is 2.21. The number of ether oxygens (including phenoxy) is 2. The Bertz CT molecular complexity index is 1060. The molecule has 14 heteroatoms. The smallest absolute Gasteiger partial charge is 0.342 e. The molecule has 14 nitrogen and oxygen atoms in total. The number of H-pyrrole nitrogens is 2. The third kappa shape index (κ3) is 5.88. The summed E-state index contributed by atoms with van der Waals surface area (Å²) in [5, 5.41) is 23.2. The fourth-order valence-electron chi connectivity index (χ4n) is 2.26. The van der Waals surface area contributed by atoms with Crippen molar-refractivity contribution < 1.29 is 19.2 Å². The molecule has 2 rings (SSSR count). The predicted octanol–water partition coefficient (Wildman–Crippen LogP) is -0.274. The first-order valence-corrected chi connectivity index (χ1v) is 8.59. The van der Waals surface area contributed by atoms with E-state index in [1.165, 1.54) is 25.5 Å². The number of nitro groups is 1. The van der Waals surface area contributed by atoms with Crippen LogP contribution in [0.5, 0.6) is 11.5 Å². The molecule has 0 spiro atoms. The molecule has 160 valence electrons. The van der Waals surface area contributed by atoms with Crippen LogP contribution in [-0.4, -0.2) is 52.5 Å². The lowest BCUT2D eigenvalue weighted by Gasteiger charge is -2.10. The number of carbonyl (C=O) groups is 1. The van der Waals surface area contributed by atoms with Crippen molar-refractivity contribution in [2.24, 2.45) is 5.10 Å². The van der Waals surface area contributed by atoms with Crippen LogP contribution in [0, 0.1) is 10.1 Å². The Morgan fingerprint density at radius 3 is 2.80 bits per heavy atom. The lowest BCUT2D eigenvalue weighted by molar-refractivity contribution is -0.385. The van der Waals surface area contributed by atoms with Crippen molar-refractivity contribution in [2.75, 3.05) is 25.6 Å². The van der Waals surface area contributed by atoms with Crippen LogP contribution in [0.15, 0.2) is 26.8 Å². The third-order valence-electron chi connectivity index (χ3n) is 3.52. The van der Waals surface area contributed by atoms with Crippen molar-refractivity contribution in [2.45, 2.75) is 13.3 Å². The Balaban J connectivity index is 1.97. The molecule has 1 amide bonds. The number of nitrogens with one attached hydrogen (secondary N) is 4. The number of methoxy groups -OCH3 is 1. The largest absolute Gasteiger partial charge is 0.493 e. The molecular weight excluding hydrogens is 402 g/mol. The Morgan fingerprint density at radius 2 is 2.17 bits per heavy atom. The Morgan fingerprint density at radius 1 is 1.40 bits per heavy atom. The first-order valence-electron chi connectivity index (χ1n) is 8.59. The fourth-order valence-corrected chi connectivity index (χ4v) is 2.26. The highest BCUT2D eigenvalue weighted by atomic mass is 16.6. The molecule has 0 unspecified atom stereocenters. The van der Waals surface area contributed by atoms with Crippen molar-refractivity contribution in [1.82, 2.24) is 20.6 Å². The summed E-state index contributed by atoms with van der Waals surface area (Å²) in [6.07, 6.45) is 1.15. The number of benzene rings is 1. The first-order chi connectivity index (χ1) is 14.3. The SMILES string of the molecule is CCOc1c(OC)cc(/C=N/NC(=O)CCNc2n[nH]c(=O)[nH]c2=O)cc1[N+](=O)[O-]. The molecule has 0 aliphatic carbocycles. The summed E-state index contributed by atoms with van der Waals surface area (Å²) in [6, 6.07) is 2.71. The topological polar surface area (TPSA) is 194 Å². The Kier molecular flexibility index (Phi) is 7.61. The van der Waals surface area contributed by atoms with Crippen molar-refractivity contribution >= 4 is 23.6 Å². The average molecular weight is 421 g/mol. The minimum Gasteiger partial charge on any atom is -0.493 e. The maximum Gasteiger partial charge on any atom is 0.342 e. The van der Waals surface area contributed by atoms with E-state index in [1.807, 2.05) is 4.98 Å². The number of anilines is 1. The van der Waals surface area contributed by atoms with Crippen molar-refractivity contribution in [3.8, 4) is 11.5 Å². The lowest BCUT2D eigenvalue weighted by atomic mass is 10.2. The molecule has 0 radical (unpaired) electrons. The molecule has 4 N–H and O–H groups in total. The maximum atomic E-state index is 11.8. The molecule has 1 aromatic carbocycles. The van der Waals surface area contributed by atoms with Crippen molar-refractivity contribution in [1.29, 1.82) is 0 Å². The van der Waals surface area contributed by atoms with Gasteiger partial charge >= 0.3 is 11.4 Å². The lowest BCUT2D eigenvalue weighted by Crippen LogP contribution is -2.28. The van der Waals surface area contributed by atoms with Crippen LogP contribution in [0.25, 0.3) is 0 Å². The highest BCUT2D eigenvalue weighted by molar-refractivity contribution is 5.85. The molecule has 1 aromatic heterocycles. The molecular formula is C16H19N7O7. The average Bonchev–Trinajstić information content (AvgIpc) is 2.70. The zero-order chi connectivity index (χ0) is 22.1. The summed E-state index contributed by atoms with van der Waals surface area (Å²) in [6.45, 7) is 1.95. The van der Waals surface area contributed by atoms with Gasteiger partial charge in [-0.1, -0.05) is 0 Å². The summed E-state index contributed by atoms with van der Waals surface area (Å²) < 4.78 is 10.4. The number of nitrogens with zero attached hydrogens (tertiary/aromatic N) is 3. The minimum absolute atomic E-state index is 0.00288. The Hall–Kier alpha value is -4.23. The molecule has 0 bridgehead atoms. The normalized spacial score (nSPS) is 10.6. The summed E-state index contributed by atoms with van der Waals surface area (Å²) in [5.74, 6) is -0.475. The van der Waals surface area contributed by atoms with E-state index >= 15 is 0 Å². The van der Waals surface area contributed by atoms with Crippen LogP contribution in [0.3, 0.4) is 0 Å². The van der Waals surface area contributed by atoms with Gasteiger partial charge in [0.25, 0.3) is 5.56 Å². The zero-order valence-corrected chi connectivity index (χ0v) is 16.1. The van der Waals surface area contributed by atoms with Crippen LogP contribution in [-0.2, 0) is 4.79 Å². The van der Waals surface area contributed by atoms with Gasteiger partial charge in [0.15, 0.2) is 5.75 Å².